The number of nitrogens with one attached hydrogen (secondary N) is 1. The van der Waals surface area contributed by atoms with Crippen LogP contribution in [0.3, 0.4) is 0 Å². The molecule has 1 aliphatic heterocycles. The maximum absolute atomic E-state index is 12.3. The van der Waals surface area contributed by atoms with Crippen LogP contribution in [0.5, 0.6) is 0 Å². The Morgan fingerprint density at radius 2 is 2.24 bits per heavy atom. The van der Waals surface area contributed by atoms with Crippen molar-refractivity contribution in [1.82, 2.24) is 4.90 Å². The Balaban J connectivity index is 1.98. The molecule has 0 bridgehead atoms. The second-order valence-corrected chi connectivity index (χ2v) is 4.93. The number of nitrogens with zero attached hydrogens (tertiary/aromatic N) is 1. The van der Waals surface area contributed by atoms with Gasteiger partial charge in [0.2, 0.25) is 0 Å². The van der Waals surface area contributed by atoms with E-state index in [1.165, 1.54) is 0 Å². The Morgan fingerprint density at radius 1 is 1.47 bits per heavy atom. The molecule has 3 rings (SSSR count). The fourth-order valence-electron chi connectivity index (χ4n) is 2.30. The Labute approximate surface area is 105 Å². The van der Waals surface area contributed by atoms with E-state index in [9.17, 15) is 4.79 Å². The van der Waals surface area contributed by atoms with Crippen LogP contribution in [-0.2, 0) is 6.54 Å². The molecule has 4 nitrogen and oxygen atoms in total. The molecular weight excluding hydrogens is 234 g/mol. The van der Waals surface area contributed by atoms with Crippen LogP contribution in [0.25, 0.3) is 0 Å². The van der Waals surface area contributed by atoms with E-state index in [4.69, 9.17) is 18.0 Å². The lowest BCUT2D eigenvalue weighted by Gasteiger charge is -2.14. The van der Waals surface area contributed by atoms with Crippen LogP contribution in [0.2, 0.25) is 0 Å². The highest BCUT2D eigenvalue weighted by atomic mass is 32.1. The number of hydrogen-bond acceptors (Lipinski definition) is 2. The fourth-order valence-corrected chi connectivity index (χ4v) is 2.41. The molecule has 1 fully saturated rings. The molecule has 0 atom stereocenters. The van der Waals surface area contributed by atoms with Crippen molar-refractivity contribution in [2.24, 2.45) is 5.73 Å². The van der Waals surface area contributed by atoms with Crippen LogP contribution < -0.4 is 11.1 Å². The molecule has 0 saturated heterocycles. The van der Waals surface area contributed by atoms with Crippen molar-refractivity contribution in [3.8, 4) is 0 Å². The molecule has 0 aromatic heterocycles. The van der Waals surface area contributed by atoms with Crippen LogP contribution in [0.1, 0.15) is 28.8 Å². The third-order valence-electron chi connectivity index (χ3n) is 3.21. The number of amides is 1. The normalized spacial score (nSPS) is 18.1. The van der Waals surface area contributed by atoms with Crippen LogP contribution in [-0.4, -0.2) is 22.0 Å². The predicted molar refractivity (Wildman–Crippen MR) is 69.7 cm³/mol. The summed E-state index contributed by atoms with van der Waals surface area (Å²) in [4.78, 5) is 14.2. The van der Waals surface area contributed by atoms with Crippen molar-refractivity contribution in [3.63, 3.8) is 0 Å². The number of rotatable bonds is 2. The first kappa shape index (κ1) is 10.5. The molecule has 0 spiro atoms. The molecule has 5 heteroatoms. The third-order valence-corrected chi connectivity index (χ3v) is 3.31. The Bertz CT molecular complexity index is 510. The number of hydrogen-bond donors (Lipinski definition) is 2. The summed E-state index contributed by atoms with van der Waals surface area (Å²) in [5.74, 6) is 0.0989. The number of fused-ring (bicyclic) bond motifs is 1. The number of nitrogens with two attached hydrogens (primary N) is 1. The molecule has 1 heterocycles. The second kappa shape index (κ2) is 3.70. The van der Waals surface area contributed by atoms with Gasteiger partial charge in [0.25, 0.3) is 5.91 Å². The molecule has 1 saturated carbocycles. The van der Waals surface area contributed by atoms with E-state index in [1.54, 1.807) is 0 Å². The largest absolute Gasteiger partial charge is 0.376 e. The zero-order valence-electron chi connectivity index (χ0n) is 9.27. The molecule has 17 heavy (non-hydrogen) atoms. The summed E-state index contributed by atoms with van der Waals surface area (Å²) in [6, 6.07) is 6.18. The molecule has 2 aliphatic rings. The van der Waals surface area contributed by atoms with Crippen LogP contribution >= 0.6 is 12.2 Å². The van der Waals surface area contributed by atoms with Gasteiger partial charge in [-0.1, -0.05) is 12.1 Å². The van der Waals surface area contributed by atoms with Crippen LogP contribution in [0.4, 0.5) is 5.69 Å². The van der Waals surface area contributed by atoms with Gasteiger partial charge in [-0.25, -0.2) is 0 Å². The highest BCUT2D eigenvalue weighted by molar-refractivity contribution is 7.80. The van der Waals surface area contributed by atoms with E-state index in [2.05, 4.69) is 5.32 Å². The summed E-state index contributed by atoms with van der Waals surface area (Å²) in [6.07, 6.45) is 2.25. The van der Waals surface area contributed by atoms with Crippen molar-refractivity contribution in [2.45, 2.75) is 25.4 Å². The first-order valence-corrected chi connectivity index (χ1v) is 6.07. The van der Waals surface area contributed by atoms with Gasteiger partial charge in [-0.05, 0) is 36.7 Å². The highest BCUT2D eigenvalue weighted by Crippen LogP contribution is 2.37. The van der Waals surface area contributed by atoms with E-state index in [0.29, 0.717) is 12.6 Å². The SMILES string of the molecule is NC(=S)Nc1cccc2c1C(=O)N(C1CC1)C2. The monoisotopic (exact) mass is 247 g/mol. The molecule has 1 aliphatic carbocycles. The molecule has 3 N–H and O–H groups in total. The summed E-state index contributed by atoms with van der Waals surface area (Å²) in [6.45, 7) is 0.714. The molecular formula is C12H13N3OS. The number of thiocarbonyl (C=S) groups is 1. The average molecular weight is 247 g/mol. The smallest absolute Gasteiger partial charge is 0.256 e. The van der Waals surface area contributed by atoms with Gasteiger partial charge in [0.1, 0.15) is 0 Å². The van der Waals surface area contributed by atoms with Crippen molar-refractivity contribution in [3.05, 3.63) is 29.3 Å². The Kier molecular flexibility index (Phi) is 2.29. The lowest BCUT2D eigenvalue weighted by molar-refractivity contribution is 0.0767. The average Bonchev–Trinajstić information content (AvgIpc) is 3.04. The fraction of sp³-hybridized carbons (Fsp3) is 0.333. The summed E-state index contributed by atoms with van der Waals surface area (Å²) in [5, 5.41) is 3.07. The van der Waals surface area contributed by atoms with Crippen LogP contribution in [0, 0.1) is 0 Å². The molecule has 1 amide bonds. The van der Waals surface area contributed by atoms with Gasteiger partial charge in [0.15, 0.2) is 5.11 Å². The second-order valence-electron chi connectivity index (χ2n) is 4.49. The van der Waals surface area contributed by atoms with E-state index >= 15 is 0 Å². The van der Waals surface area contributed by atoms with Gasteiger partial charge in [0.05, 0.1) is 11.3 Å². The standard InChI is InChI=1S/C12H13N3OS/c13-12(17)14-9-3-1-2-7-6-15(8-4-5-8)11(16)10(7)9/h1-3,8H,4-6H2,(H3,13,14,17). The van der Waals surface area contributed by atoms with Gasteiger partial charge in [-0.3, -0.25) is 4.79 Å². The minimum atomic E-state index is 0.0989. The summed E-state index contributed by atoms with van der Waals surface area (Å²) in [7, 11) is 0. The number of carbonyl (C=O) groups is 1. The minimum Gasteiger partial charge on any atom is -0.376 e. The number of carbonyl (C=O) groups excluding carboxylic acids is 1. The minimum absolute atomic E-state index is 0.0989. The first-order chi connectivity index (χ1) is 8.16. The third kappa shape index (κ3) is 1.76. The van der Waals surface area contributed by atoms with Gasteiger partial charge in [-0.2, -0.15) is 0 Å². The number of anilines is 1. The van der Waals surface area contributed by atoms with Gasteiger partial charge >= 0.3 is 0 Å². The zero-order valence-corrected chi connectivity index (χ0v) is 10.1. The number of benzene rings is 1. The van der Waals surface area contributed by atoms with Gasteiger partial charge in [-0.15, -0.1) is 0 Å². The molecule has 0 unspecified atom stereocenters. The molecule has 88 valence electrons. The van der Waals surface area contributed by atoms with E-state index in [1.807, 2.05) is 23.1 Å². The van der Waals surface area contributed by atoms with E-state index in [0.717, 1.165) is 29.7 Å². The summed E-state index contributed by atoms with van der Waals surface area (Å²) in [5.41, 5.74) is 7.98. The van der Waals surface area contributed by atoms with E-state index < -0.39 is 0 Å². The quantitative estimate of drug-likeness (QED) is 0.777. The topological polar surface area (TPSA) is 58.4 Å². The first-order valence-electron chi connectivity index (χ1n) is 5.66. The van der Waals surface area contributed by atoms with Crippen molar-refractivity contribution in [1.29, 1.82) is 0 Å². The van der Waals surface area contributed by atoms with Crippen molar-refractivity contribution in [2.75, 3.05) is 5.32 Å². The van der Waals surface area contributed by atoms with Gasteiger partial charge in [0, 0.05) is 12.6 Å². The predicted octanol–water partition coefficient (Wildman–Crippen LogP) is 1.46. The Morgan fingerprint density at radius 3 is 2.88 bits per heavy atom. The lowest BCUT2D eigenvalue weighted by atomic mass is 10.1. The highest BCUT2D eigenvalue weighted by Gasteiger charge is 2.39. The zero-order chi connectivity index (χ0) is 12.0. The Hall–Kier alpha value is -1.62. The van der Waals surface area contributed by atoms with Crippen molar-refractivity contribution < 1.29 is 4.79 Å². The van der Waals surface area contributed by atoms with Crippen LogP contribution in [0.15, 0.2) is 18.2 Å². The lowest BCUT2D eigenvalue weighted by Crippen LogP contribution is -2.27. The van der Waals surface area contributed by atoms with Gasteiger partial charge < -0.3 is 16.0 Å². The molecule has 1 aromatic rings. The molecule has 1 aromatic carbocycles. The summed E-state index contributed by atoms with van der Waals surface area (Å²) >= 11 is 4.82. The molecule has 0 radical (unpaired) electrons. The maximum Gasteiger partial charge on any atom is 0.256 e. The summed E-state index contributed by atoms with van der Waals surface area (Å²) < 4.78 is 0. The maximum atomic E-state index is 12.3. The van der Waals surface area contributed by atoms with Crippen molar-refractivity contribution >= 4 is 28.9 Å². The van der Waals surface area contributed by atoms with E-state index in [-0.39, 0.29) is 11.0 Å².